The van der Waals surface area contributed by atoms with Crippen molar-refractivity contribution in [2.24, 2.45) is 0 Å². The second-order valence-corrected chi connectivity index (χ2v) is 7.98. The van der Waals surface area contributed by atoms with Crippen LogP contribution in [-0.4, -0.2) is 31.6 Å². The number of carbonyl (C=O) groups excluding carboxylic acids is 2. The minimum absolute atomic E-state index is 0.0714. The van der Waals surface area contributed by atoms with Crippen molar-refractivity contribution in [2.75, 3.05) is 11.1 Å². The number of halogens is 5. The Kier molecular flexibility index (Phi) is 6.69. The first kappa shape index (κ1) is 23.5. The Hall–Kier alpha value is -3.19. The lowest BCUT2D eigenvalue weighted by atomic mass is 10.0. The predicted molar refractivity (Wildman–Crippen MR) is 108 cm³/mol. The molecule has 3 aromatic heterocycles. The van der Waals surface area contributed by atoms with Crippen molar-refractivity contribution in [1.29, 1.82) is 0 Å². The van der Waals surface area contributed by atoms with E-state index in [0.717, 1.165) is 23.9 Å². The molecule has 0 saturated carbocycles. The number of ketones is 1. The molecule has 0 unspecified atom stereocenters. The summed E-state index contributed by atoms with van der Waals surface area (Å²) in [6.07, 6.45) is -1.93. The number of carbonyl (C=O) groups is 2. The highest BCUT2D eigenvalue weighted by Gasteiger charge is 2.34. The third kappa shape index (κ3) is 5.16. The normalized spacial score (nSPS) is 12.4. The number of nitrogens with zero attached hydrogens (tertiary/aromatic N) is 4. The molecule has 0 aliphatic rings. The van der Waals surface area contributed by atoms with Crippen molar-refractivity contribution in [3.63, 3.8) is 0 Å². The first-order valence-corrected chi connectivity index (χ1v) is 9.95. The minimum Gasteiger partial charge on any atom is -0.381 e. The summed E-state index contributed by atoms with van der Waals surface area (Å²) in [6, 6.07) is 0.617. The molecule has 1 atom stereocenters. The summed E-state index contributed by atoms with van der Waals surface area (Å²) in [5.41, 5.74) is 3.74. The molecule has 8 nitrogen and oxygen atoms in total. The molecule has 14 heteroatoms. The predicted octanol–water partition coefficient (Wildman–Crippen LogP) is 4.35. The number of amides is 1. The lowest BCUT2D eigenvalue weighted by Crippen LogP contribution is -2.13. The van der Waals surface area contributed by atoms with Gasteiger partial charge in [-0.3, -0.25) is 9.59 Å². The fourth-order valence-electron chi connectivity index (χ4n) is 2.56. The van der Waals surface area contributed by atoms with E-state index in [1.165, 1.54) is 6.20 Å². The summed E-state index contributed by atoms with van der Waals surface area (Å²) in [7, 11) is 0. The van der Waals surface area contributed by atoms with Gasteiger partial charge >= 0.3 is 6.18 Å². The van der Waals surface area contributed by atoms with Gasteiger partial charge in [0.2, 0.25) is 0 Å². The number of nitrogen functional groups attached to an aromatic ring is 1. The molecule has 0 aromatic carbocycles. The third-order valence-corrected chi connectivity index (χ3v) is 5.67. The molecule has 0 aliphatic heterocycles. The Morgan fingerprint density at radius 3 is 2.62 bits per heavy atom. The molecule has 3 N–H and O–H groups in total. The summed E-state index contributed by atoms with van der Waals surface area (Å²) in [5, 5.41) is 2.02. The number of rotatable bonds is 6. The molecular formula is C18H13ClF4N6O2S. The first-order valence-electron chi connectivity index (χ1n) is 8.76. The Bertz CT molecular complexity index is 1190. The van der Waals surface area contributed by atoms with Crippen LogP contribution >= 0.6 is 22.9 Å². The molecule has 3 rings (SSSR count). The van der Waals surface area contributed by atoms with Crippen LogP contribution in [0.25, 0.3) is 0 Å². The molecule has 3 heterocycles. The Morgan fingerprint density at radius 2 is 1.94 bits per heavy atom. The summed E-state index contributed by atoms with van der Waals surface area (Å²) < 4.78 is 52.8. The van der Waals surface area contributed by atoms with Crippen LogP contribution < -0.4 is 11.1 Å². The summed E-state index contributed by atoms with van der Waals surface area (Å²) in [6.45, 7) is 1.64. The molecule has 0 bridgehead atoms. The van der Waals surface area contributed by atoms with Crippen LogP contribution in [0.3, 0.4) is 0 Å². The van der Waals surface area contributed by atoms with Crippen molar-refractivity contribution in [2.45, 2.75) is 25.4 Å². The van der Waals surface area contributed by atoms with Gasteiger partial charge in [-0.15, -0.1) is 11.3 Å². The maximum atomic E-state index is 13.9. The van der Waals surface area contributed by atoms with Crippen LogP contribution in [0.5, 0.6) is 0 Å². The van der Waals surface area contributed by atoms with Gasteiger partial charge in [-0.25, -0.2) is 24.3 Å². The third-order valence-electron chi connectivity index (χ3n) is 4.14. The fourth-order valence-corrected chi connectivity index (χ4v) is 3.64. The molecular weight excluding hydrogens is 476 g/mol. The Labute approximate surface area is 186 Å². The fraction of sp³-hybridized carbons (Fsp3) is 0.222. The maximum Gasteiger partial charge on any atom is 0.418 e. The molecule has 0 saturated heterocycles. The minimum atomic E-state index is -4.72. The highest BCUT2D eigenvalue weighted by Crippen LogP contribution is 2.35. The topological polar surface area (TPSA) is 124 Å². The highest BCUT2D eigenvalue weighted by atomic mass is 35.5. The van der Waals surface area contributed by atoms with Gasteiger partial charge in [-0.1, -0.05) is 18.5 Å². The van der Waals surface area contributed by atoms with E-state index < -0.39 is 51.7 Å². The zero-order valence-electron chi connectivity index (χ0n) is 16.1. The summed E-state index contributed by atoms with van der Waals surface area (Å²) in [5.74, 6) is -3.69. The number of pyridine rings is 1. The van der Waals surface area contributed by atoms with Gasteiger partial charge in [0.15, 0.2) is 17.4 Å². The van der Waals surface area contributed by atoms with E-state index in [0.29, 0.717) is 11.1 Å². The number of aromatic nitrogens is 4. The van der Waals surface area contributed by atoms with Crippen molar-refractivity contribution in [3.05, 3.63) is 56.8 Å². The molecule has 3 aromatic rings. The van der Waals surface area contributed by atoms with Crippen molar-refractivity contribution >= 4 is 46.3 Å². The van der Waals surface area contributed by atoms with E-state index in [1.807, 2.05) is 0 Å². The van der Waals surface area contributed by atoms with Crippen LogP contribution in [0, 0.1) is 5.82 Å². The number of hydrogen-bond acceptors (Lipinski definition) is 8. The van der Waals surface area contributed by atoms with Crippen LogP contribution in [-0.2, 0) is 6.18 Å². The number of hydrogen-bond donors (Lipinski definition) is 2. The number of anilines is 2. The number of nitrogens with one attached hydrogen (secondary N) is 1. The summed E-state index contributed by atoms with van der Waals surface area (Å²) >= 11 is 6.43. The van der Waals surface area contributed by atoms with Crippen molar-refractivity contribution in [3.8, 4) is 0 Å². The maximum absolute atomic E-state index is 13.9. The number of alkyl halides is 3. The monoisotopic (exact) mass is 488 g/mol. The van der Waals surface area contributed by atoms with Gasteiger partial charge in [0.25, 0.3) is 5.91 Å². The molecule has 32 heavy (non-hydrogen) atoms. The lowest BCUT2D eigenvalue weighted by molar-refractivity contribution is -0.137. The van der Waals surface area contributed by atoms with E-state index in [1.54, 1.807) is 6.92 Å². The van der Waals surface area contributed by atoms with Crippen LogP contribution in [0.15, 0.2) is 24.8 Å². The van der Waals surface area contributed by atoms with Gasteiger partial charge in [-0.2, -0.15) is 13.2 Å². The highest BCUT2D eigenvalue weighted by molar-refractivity contribution is 7.13. The molecule has 0 aliphatic carbocycles. The molecule has 0 fully saturated rings. The SMILES string of the molecule is C[C@@H](CC(=O)c1ncnc(N)c1F)c1ncc(C(=O)Nc2cc(C(F)(F)F)c(Cl)cn2)s1. The van der Waals surface area contributed by atoms with E-state index in [2.05, 4.69) is 25.3 Å². The molecule has 0 radical (unpaired) electrons. The van der Waals surface area contributed by atoms with Gasteiger partial charge < -0.3 is 11.1 Å². The smallest absolute Gasteiger partial charge is 0.381 e. The van der Waals surface area contributed by atoms with Crippen LogP contribution in [0.1, 0.15) is 50.0 Å². The lowest BCUT2D eigenvalue weighted by Gasteiger charge is -2.10. The zero-order valence-corrected chi connectivity index (χ0v) is 17.6. The van der Waals surface area contributed by atoms with Crippen molar-refractivity contribution in [1.82, 2.24) is 19.9 Å². The number of nitrogens with two attached hydrogens (primary N) is 1. The number of thiazole rings is 1. The Balaban J connectivity index is 1.70. The van der Waals surface area contributed by atoms with E-state index >= 15 is 0 Å². The second-order valence-electron chi connectivity index (χ2n) is 6.51. The second kappa shape index (κ2) is 9.12. The van der Waals surface area contributed by atoms with Gasteiger partial charge in [0.1, 0.15) is 22.7 Å². The van der Waals surface area contributed by atoms with Crippen LogP contribution in [0.4, 0.5) is 29.2 Å². The van der Waals surface area contributed by atoms with E-state index in [4.69, 9.17) is 17.3 Å². The summed E-state index contributed by atoms with van der Waals surface area (Å²) in [4.78, 5) is 39.6. The average Bonchev–Trinajstić information content (AvgIpc) is 3.21. The quantitative estimate of drug-likeness (QED) is 0.390. The number of Topliss-reactive ketones (excluding diaryl/α,β-unsaturated/α-hetero) is 1. The molecule has 168 valence electrons. The molecule has 0 spiro atoms. The standard InChI is InChI=1S/C18H13ClF4N6O2S/c1-7(2-10(30)14-13(20)15(24)28-6-27-14)17-26-5-11(32-17)16(31)29-12-3-8(18(21,22)23)9(19)4-25-12/h3-7H,2H2,1H3,(H2,24,27,28)(H,25,29,31)/t7-/m0/s1. The van der Waals surface area contributed by atoms with Gasteiger partial charge in [0.05, 0.1) is 21.8 Å². The van der Waals surface area contributed by atoms with E-state index in [-0.39, 0.29) is 17.1 Å². The van der Waals surface area contributed by atoms with Crippen LogP contribution in [0.2, 0.25) is 5.02 Å². The van der Waals surface area contributed by atoms with Gasteiger partial charge in [0, 0.05) is 18.5 Å². The average molecular weight is 489 g/mol. The first-order chi connectivity index (χ1) is 15.0. The largest absolute Gasteiger partial charge is 0.418 e. The van der Waals surface area contributed by atoms with Crippen molar-refractivity contribution < 1.29 is 27.2 Å². The van der Waals surface area contributed by atoms with Gasteiger partial charge in [-0.05, 0) is 6.07 Å². The Morgan fingerprint density at radius 1 is 1.22 bits per heavy atom. The zero-order chi connectivity index (χ0) is 23.6. The van der Waals surface area contributed by atoms with E-state index in [9.17, 15) is 27.2 Å². The molecule has 1 amide bonds.